The molecule has 4 heteroatoms. The molecule has 0 spiro atoms. The van der Waals surface area contributed by atoms with Crippen molar-refractivity contribution in [2.45, 2.75) is 26.7 Å². The third kappa shape index (κ3) is 2.88. The number of pyridine rings is 1. The van der Waals surface area contributed by atoms with Crippen molar-refractivity contribution in [3.8, 4) is 0 Å². The highest BCUT2D eigenvalue weighted by Gasteiger charge is 2.09. The van der Waals surface area contributed by atoms with Crippen LogP contribution in [0.15, 0.2) is 30.6 Å². The van der Waals surface area contributed by atoms with Crippen LogP contribution >= 0.6 is 0 Å². The standard InChI is InChI=1S/C14H19N3O/c1-3-11(2)14(18)15-8-7-12-10-17-9-5-4-6-13(17)16-12/h4-6,9-11H,3,7-8H2,1-2H3,(H,15,18). The van der Waals surface area contributed by atoms with Crippen molar-refractivity contribution in [1.29, 1.82) is 0 Å². The van der Waals surface area contributed by atoms with Gasteiger partial charge >= 0.3 is 0 Å². The maximum absolute atomic E-state index is 11.6. The number of hydrogen-bond donors (Lipinski definition) is 1. The van der Waals surface area contributed by atoms with Gasteiger partial charge in [-0.3, -0.25) is 4.79 Å². The molecule has 0 aromatic carbocycles. The predicted molar refractivity (Wildman–Crippen MR) is 71.4 cm³/mol. The Labute approximate surface area is 107 Å². The summed E-state index contributed by atoms with van der Waals surface area (Å²) in [4.78, 5) is 16.1. The van der Waals surface area contributed by atoms with E-state index in [4.69, 9.17) is 0 Å². The SMILES string of the molecule is CCC(C)C(=O)NCCc1cn2ccccc2n1. The molecule has 2 heterocycles. The second-order valence-electron chi connectivity index (χ2n) is 4.55. The summed E-state index contributed by atoms with van der Waals surface area (Å²) in [6.45, 7) is 4.61. The molecule has 2 aromatic heterocycles. The summed E-state index contributed by atoms with van der Waals surface area (Å²) in [5, 5.41) is 2.94. The van der Waals surface area contributed by atoms with E-state index in [1.54, 1.807) is 0 Å². The van der Waals surface area contributed by atoms with Gasteiger partial charge in [-0.2, -0.15) is 0 Å². The van der Waals surface area contributed by atoms with Crippen LogP contribution in [0.2, 0.25) is 0 Å². The van der Waals surface area contributed by atoms with Gasteiger partial charge in [-0.25, -0.2) is 4.98 Å². The van der Waals surface area contributed by atoms with Gasteiger partial charge in [0.2, 0.25) is 5.91 Å². The van der Waals surface area contributed by atoms with Crippen LogP contribution in [0.4, 0.5) is 0 Å². The molecule has 0 radical (unpaired) electrons. The lowest BCUT2D eigenvalue weighted by Gasteiger charge is -2.08. The second-order valence-corrected chi connectivity index (χ2v) is 4.55. The van der Waals surface area contributed by atoms with E-state index in [2.05, 4.69) is 10.3 Å². The summed E-state index contributed by atoms with van der Waals surface area (Å²) in [5.74, 6) is 0.215. The number of nitrogens with zero attached hydrogens (tertiary/aromatic N) is 2. The molecule has 1 unspecified atom stereocenters. The van der Waals surface area contributed by atoms with Crippen molar-refractivity contribution < 1.29 is 4.79 Å². The molecule has 0 saturated carbocycles. The summed E-state index contributed by atoms with van der Waals surface area (Å²) in [7, 11) is 0. The molecule has 1 amide bonds. The van der Waals surface area contributed by atoms with Crippen LogP contribution in [0.5, 0.6) is 0 Å². The molecule has 2 rings (SSSR count). The minimum absolute atomic E-state index is 0.0890. The molecule has 4 nitrogen and oxygen atoms in total. The topological polar surface area (TPSA) is 46.4 Å². The molecule has 96 valence electrons. The van der Waals surface area contributed by atoms with Crippen LogP contribution in [-0.2, 0) is 11.2 Å². The zero-order valence-corrected chi connectivity index (χ0v) is 10.9. The summed E-state index contributed by atoms with van der Waals surface area (Å²) < 4.78 is 1.99. The molecule has 0 aliphatic carbocycles. The molecule has 0 aliphatic heterocycles. The molecule has 0 fully saturated rings. The van der Waals surface area contributed by atoms with Crippen molar-refractivity contribution in [1.82, 2.24) is 14.7 Å². The lowest BCUT2D eigenvalue weighted by atomic mass is 10.1. The zero-order valence-electron chi connectivity index (χ0n) is 10.9. The van der Waals surface area contributed by atoms with Gasteiger partial charge in [0, 0.05) is 31.3 Å². The monoisotopic (exact) mass is 245 g/mol. The Morgan fingerprint density at radius 2 is 2.33 bits per heavy atom. The van der Waals surface area contributed by atoms with E-state index in [1.807, 2.05) is 48.8 Å². The minimum Gasteiger partial charge on any atom is -0.355 e. The number of imidazole rings is 1. The fourth-order valence-corrected chi connectivity index (χ4v) is 1.78. The molecule has 1 atom stereocenters. The van der Waals surface area contributed by atoms with Crippen LogP contribution in [-0.4, -0.2) is 21.8 Å². The normalized spacial score (nSPS) is 12.6. The fraction of sp³-hybridized carbons (Fsp3) is 0.429. The zero-order chi connectivity index (χ0) is 13.0. The highest BCUT2D eigenvalue weighted by molar-refractivity contribution is 5.78. The van der Waals surface area contributed by atoms with E-state index >= 15 is 0 Å². The van der Waals surface area contributed by atoms with E-state index in [0.717, 1.165) is 24.2 Å². The Morgan fingerprint density at radius 3 is 3.06 bits per heavy atom. The number of aromatic nitrogens is 2. The predicted octanol–water partition coefficient (Wildman–Crippen LogP) is 2.04. The minimum atomic E-state index is 0.0890. The van der Waals surface area contributed by atoms with E-state index in [0.29, 0.717) is 6.54 Å². The van der Waals surface area contributed by atoms with Gasteiger partial charge in [0.15, 0.2) is 0 Å². The summed E-state index contributed by atoms with van der Waals surface area (Å²) >= 11 is 0. The van der Waals surface area contributed by atoms with Crippen molar-refractivity contribution in [2.24, 2.45) is 5.92 Å². The summed E-state index contributed by atoms with van der Waals surface area (Å²) in [6.07, 6.45) is 5.62. The van der Waals surface area contributed by atoms with E-state index in [9.17, 15) is 4.79 Å². The Kier molecular flexibility index (Phi) is 3.97. The number of hydrogen-bond acceptors (Lipinski definition) is 2. The maximum Gasteiger partial charge on any atom is 0.222 e. The van der Waals surface area contributed by atoms with Gasteiger partial charge in [-0.15, -0.1) is 0 Å². The van der Waals surface area contributed by atoms with Gasteiger partial charge in [-0.1, -0.05) is 19.9 Å². The van der Waals surface area contributed by atoms with Crippen LogP contribution in [0.1, 0.15) is 26.0 Å². The molecule has 0 aliphatic rings. The lowest BCUT2D eigenvalue weighted by molar-refractivity contribution is -0.124. The number of fused-ring (bicyclic) bond motifs is 1. The van der Waals surface area contributed by atoms with E-state index < -0.39 is 0 Å². The quantitative estimate of drug-likeness (QED) is 0.876. The van der Waals surface area contributed by atoms with Gasteiger partial charge in [0.25, 0.3) is 0 Å². The average molecular weight is 245 g/mol. The van der Waals surface area contributed by atoms with Crippen molar-refractivity contribution in [2.75, 3.05) is 6.54 Å². The van der Waals surface area contributed by atoms with Crippen LogP contribution < -0.4 is 5.32 Å². The molecule has 18 heavy (non-hydrogen) atoms. The first-order valence-electron chi connectivity index (χ1n) is 6.41. The van der Waals surface area contributed by atoms with Crippen molar-refractivity contribution in [3.63, 3.8) is 0 Å². The summed E-state index contributed by atoms with van der Waals surface area (Å²) in [6, 6.07) is 5.92. The van der Waals surface area contributed by atoms with Crippen LogP contribution in [0.3, 0.4) is 0 Å². The Hall–Kier alpha value is -1.84. The third-order valence-corrected chi connectivity index (χ3v) is 3.15. The summed E-state index contributed by atoms with van der Waals surface area (Å²) in [5.41, 5.74) is 1.95. The van der Waals surface area contributed by atoms with E-state index in [-0.39, 0.29) is 11.8 Å². The molecule has 0 saturated heterocycles. The smallest absolute Gasteiger partial charge is 0.222 e. The van der Waals surface area contributed by atoms with E-state index in [1.165, 1.54) is 0 Å². The first-order valence-corrected chi connectivity index (χ1v) is 6.41. The van der Waals surface area contributed by atoms with Crippen LogP contribution in [0.25, 0.3) is 5.65 Å². The Morgan fingerprint density at radius 1 is 1.50 bits per heavy atom. The second kappa shape index (κ2) is 5.67. The first kappa shape index (κ1) is 12.6. The third-order valence-electron chi connectivity index (χ3n) is 3.15. The number of nitrogens with one attached hydrogen (secondary N) is 1. The van der Waals surface area contributed by atoms with Crippen molar-refractivity contribution in [3.05, 3.63) is 36.3 Å². The Bertz CT molecular complexity index is 500. The van der Waals surface area contributed by atoms with Crippen molar-refractivity contribution >= 4 is 11.6 Å². The highest BCUT2D eigenvalue weighted by atomic mass is 16.1. The van der Waals surface area contributed by atoms with Gasteiger partial charge < -0.3 is 9.72 Å². The molecule has 2 aromatic rings. The highest BCUT2D eigenvalue weighted by Crippen LogP contribution is 2.05. The molecular formula is C14H19N3O. The number of carbonyl (C=O) groups is 1. The molecule has 0 bridgehead atoms. The average Bonchev–Trinajstić information content (AvgIpc) is 2.80. The molecular weight excluding hydrogens is 226 g/mol. The van der Waals surface area contributed by atoms with Crippen LogP contribution in [0, 0.1) is 5.92 Å². The maximum atomic E-state index is 11.6. The van der Waals surface area contributed by atoms with Gasteiger partial charge in [0.05, 0.1) is 5.69 Å². The fourth-order valence-electron chi connectivity index (χ4n) is 1.78. The Balaban J connectivity index is 1.89. The van der Waals surface area contributed by atoms with Gasteiger partial charge in [0.1, 0.15) is 5.65 Å². The van der Waals surface area contributed by atoms with Gasteiger partial charge in [-0.05, 0) is 18.6 Å². The number of carbonyl (C=O) groups excluding carboxylic acids is 1. The molecule has 1 N–H and O–H groups in total. The largest absolute Gasteiger partial charge is 0.355 e. The number of rotatable bonds is 5. The number of amides is 1. The first-order chi connectivity index (χ1) is 8.70. The lowest BCUT2D eigenvalue weighted by Crippen LogP contribution is -2.30.